The van der Waals surface area contributed by atoms with Crippen LogP contribution in [0.5, 0.6) is 11.5 Å². The van der Waals surface area contributed by atoms with Gasteiger partial charge in [-0.25, -0.2) is 4.98 Å². The van der Waals surface area contributed by atoms with Crippen molar-refractivity contribution in [2.24, 2.45) is 23.2 Å². The van der Waals surface area contributed by atoms with Crippen LogP contribution in [-0.2, 0) is 4.79 Å². The average molecular weight is 452 g/mol. The minimum absolute atomic E-state index is 0.0620. The lowest BCUT2D eigenvalue weighted by molar-refractivity contribution is -0.150. The van der Waals surface area contributed by atoms with Crippen molar-refractivity contribution in [2.45, 2.75) is 38.5 Å². The normalized spacial score (nSPS) is 30.7. The molecule has 1 aromatic carbocycles. The van der Waals surface area contributed by atoms with Crippen LogP contribution in [0.4, 0.5) is 11.8 Å². The molecule has 4 atom stereocenters. The summed E-state index contributed by atoms with van der Waals surface area (Å²) in [5.41, 5.74) is 6.95. The molecule has 8 nitrogen and oxygen atoms in total. The van der Waals surface area contributed by atoms with E-state index in [1.54, 1.807) is 14.2 Å². The molecule has 6 rings (SSSR count). The van der Waals surface area contributed by atoms with Crippen LogP contribution >= 0.6 is 0 Å². The van der Waals surface area contributed by atoms with Crippen LogP contribution in [0.25, 0.3) is 10.9 Å². The Balaban J connectivity index is 1.20. The third-order valence-electron chi connectivity index (χ3n) is 8.85. The van der Waals surface area contributed by atoms with Crippen LogP contribution in [0.2, 0.25) is 0 Å². The second-order valence-corrected chi connectivity index (χ2v) is 10.4. The van der Waals surface area contributed by atoms with E-state index in [0.717, 1.165) is 61.8 Å². The van der Waals surface area contributed by atoms with Crippen molar-refractivity contribution in [3.63, 3.8) is 0 Å². The number of ether oxygens (including phenoxy) is 2. The van der Waals surface area contributed by atoms with E-state index in [0.29, 0.717) is 35.1 Å². The first-order chi connectivity index (χ1) is 16.0. The molecule has 33 heavy (non-hydrogen) atoms. The summed E-state index contributed by atoms with van der Waals surface area (Å²) in [6, 6.07) is 3.65. The smallest absolute Gasteiger partial charge is 0.229 e. The maximum absolute atomic E-state index is 13.8. The van der Waals surface area contributed by atoms with Crippen molar-refractivity contribution in [1.82, 2.24) is 14.9 Å². The van der Waals surface area contributed by atoms with Gasteiger partial charge in [-0.05, 0) is 49.5 Å². The van der Waals surface area contributed by atoms with Gasteiger partial charge in [0.1, 0.15) is 5.82 Å². The molecular formula is C25H33N5O3. The van der Waals surface area contributed by atoms with Crippen LogP contribution in [0.1, 0.15) is 38.5 Å². The molecule has 8 heteroatoms. The van der Waals surface area contributed by atoms with E-state index in [4.69, 9.17) is 20.2 Å². The lowest BCUT2D eigenvalue weighted by Crippen LogP contribution is -2.56. The maximum Gasteiger partial charge on any atom is 0.229 e. The number of hydrogen-bond donors (Lipinski definition) is 1. The topological polar surface area (TPSA) is 93.8 Å². The van der Waals surface area contributed by atoms with E-state index in [1.165, 1.54) is 25.7 Å². The Morgan fingerprint density at radius 3 is 2.58 bits per heavy atom. The zero-order chi connectivity index (χ0) is 22.7. The molecule has 1 saturated heterocycles. The predicted octanol–water partition coefficient (Wildman–Crippen LogP) is 3.09. The molecule has 1 amide bonds. The predicted molar refractivity (Wildman–Crippen MR) is 126 cm³/mol. The lowest BCUT2D eigenvalue weighted by atomic mass is 9.60. The SMILES string of the molecule is COc1cc2nc(N3CCN(C(=O)C45CCCC6CC(CC64)C5)CC3)nc(N)c2cc1OC. The highest BCUT2D eigenvalue weighted by molar-refractivity contribution is 5.92. The van der Waals surface area contributed by atoms with Crippen molar-refractivity contribution in [3.8, 4) is 11.5 Å². The fraction of sp³-hybridized carbons (Fsp3) is 0.640. The van der Waals surface area contributed by atoms with Crippen molar-refractivity contribution in [2.75, 3.05) is 51.0 Å². The fourth-order valence-electron chi connectivity index (χ4n) is 7.42. The molecule has 3 aliphatic carbocycles. The van der Waals surface area contributed by atoms with Gasteiger partial charge in [0.15, 0.2) is 11.5 Å². The van der Waals surface area contributed by atoms with Crippen LogP contribution < -0.4 is 20.1 Å². The zero-order valence-corrected chi connectivity index (χ0v) is 19.5. The summed E-state index contributed by atoms with van der Waals surface area (Å²) < 4.78 is 10.8. The third kappa shape index (κ3) is 3.13. The summed E-state index contributed by atoms with van der Waals surface area (Å²) in [5, 5.41) is 0.743. The molecular weight excluding hydrogens is 418 g/mol. The van der Waals surface area contributed by atoms with E-state index < -0.39 is 0 Å². The van der Waals surface area contributed by atoms with E-state index in [-0.39, 0.29) is 5.41 Å². The number of hydrogen-bond acceptors (Lipinski definition) is 7. The summed E-state index contributed by atoms with van der Waals surface area (Å²) in [7, 11) is 3.20. The highest BCUT2D eigenvalue weighted by atomic mass is 16.5. The number of nitrogen functional groups attached to an aromatic ring is 1. The largest absolute Gasteiger partial charge is 0.493 e. The zero-order valence-electron chi connectivity index (χ0n) is 19.5. The third-order valence-corrected chi connectivity index (χ3v) is 8.85. The summed E-state index contributed by atoms with van der Waals surface area (Å²) in [6.45, 7) is 2.88. The molecule has 4 fully saturated rings. The number of fused-ring (bicyclic) bond motifs is 2. The van der Waals surface area contributed by atoms with Gasteiger partial charge in [0, 0.05) is 37.6 Å². The highest BCUT2D eigenvalue weighted by Crippen LogP contribution is 2.65. The van der Waals surface area contributed by atoms with Crippen LogP contribution in [0, 0.1) is 23.2 Å². The minimum Gasteiger partial charge on any atom is -0.493 e. The van der Waals surface area contributed by atoms with Gasteiger partial charge in [-0.15, -0.1) is 0 Å². The molecule has 2 bridgehead atoms. The van der Waals surface area contributed by atoms with Crippen molar-refractivity contribution >= 4 is 28.6 Å². The van der Waals surface area contributed by atoms with Crippen LogP contribution in [0.3, 0.4) is 0 Å². The fourth-order valence-corrected chi connectivity index (χ4v) is 7.42. The molecule has 2 heterocycles. The Morgan fingerprint density at radius 2 is 1.85 bits per heavy atom. The number of rotatable bonds is 4. The molecule has 176 valence electrons. The molecule has 1 aliphatic heterocycles. The second-order valence-electron chi connectivity index (χ2n) is 10.4. The standard InChI is InChI=1S/C25H33N5O3/c1-32-20-12-17-19(13-21(20)33-2)27-24(28-22(17)26)30-8-6-29(7-9-30)23(31)25-5-3-4-16-10-15(14-25)11-18(16)25/h12-13,15-16,18H,3-11,14H2,1-2H3,(H2,26,27,28). The van der Waals surface area contributed by atoms with Gasteiger partial charge < -0.3 is 25.0 Å². The number of aromatic nitrogens is 2. The van der Waals surface area contributed by atoms with E-state index >= 15 is 0 Å². The molecule has 4 aliphatic rings. The number of anilines is 2. The number of nitrogens with two attached hydrogens (primary N) is 1. The van der Waals surface area contributed by atoms with Crippen LogP contribution in [-0.4, -0.2) is 61.2 Å². The summed E-state index contributed by atoms with van der Waals surface area (Å²) in [6.07, 6.45) is 7.43. The molecule has 2 N–H and O–H groups in total. The van der Waals surface area contributed by atoms with Gasteiger partial charge in [0.25, 0.3) is 0 Å². The molecule has 1 aromatic heterocycles. The van der Waals surface area contributed by atoms with Gasteiger partial charge in [-0.3, -0.25) is 4.79 Å². The Bertz CT molecular complexity index is 1100. The number of benzene rings is 1. The quantitative estimate of drug-likeness (QED) is 0.763. The summed E-state index contributed by atoms with van der Waals surface area (Å²) in [4.78, 5) is 27.4. The number of nitrogens with zero attached hydrogens (tertiary/aromatic N) is 4. The first-order valence-corrected chi connectivity index (χ1v) is 12.3. The molecule has 0 spiro atoms. The van der Waals surface area contributed by atoms with Crippen LogP contribution in [0.15, 0.2) is 12.1 Å². The summed E-state index contributed by atoms with van der Waals surface area (Å²) >= 11 is 0. The number of carbonyl (C=O) groups is 1. The number of methoxy groups -OCH3 is 2. The summed E-state index contributed by atoms with van der Waals surface area (Å²) in [5.74, 6) is 4.89. The monoisotopic (exact) mass is 451 g/mol. The molecule has 4 unspecified atom stereocenters. The van der Waals surface area contributed by atoms with E-state index in [2.05, 4.69) is 14.8 Å². The molecule has 0 radical (unpaired) electrons. The van der Waals surface area contributed by atoms with Crippen molar-refractivity contribution in [1.29, 1.82) is 0 Å². The maximum atomic E-state index is 13.8. The number of piperazine rings is 1. The van der Waals surface area contributed by atoms with E-state index in [1.807, 2.05) is 12.1 Å². The lowest BCUT2D eigenvalue weighted by Gasteiger charge is -2.48. The first kappa shape index (κ1) is 20.8. The average Bonchev–Trinajstić information content (AvgIpc) is 3.43. The Morgan fingerprint density at radius 1 is 1.09 bits per heavy atom. The van der Waals surface area contributed by atoms with Gasteiger partial charge in [0.2, 0.25) is 11.9 Å². The Kier molecular flexibility index (Phi) is 4.82. The highest BCUT2D eigenvalue weighted by Gasteiger charge is 2.61. The number of carbonyl (C=O) groups excluding carboxylic acids is 1. The minimum atomic E-state index is -0.0620. The van der Waals surface area contributed by atoms with E-state index in [9.17, 15) is 4.79 Å². The Hall–Kier alpha value is -2.77. The van der Waals surface area contributed by atoms with Gasteiger partial charge in [-0.1, -0.05) is 12.8 Å². The number of amides is 1. The Labute approximate surface area is 194 Å². The molecule has 3 saturated carbocycles. The first-order valence-electron chi connectivity index (χ1n) is 12.3. The van der Waals surface area contributed by atoms with Gasteiger partial charge in [-0.2, -0.15) is 4.98 Å². The molecule has 2 aromatic rings. The van der Waals surface area contributed by atoms with Crippen molar-refractivity contribution in [3.05, 3.63) is 12.1 Å². The van der Waals surface area contributed by atoms with Gasteiger partial charge in [0.05, 0.1) is 25.2 Å². The second kappa shape index (κ2) is 7.64. The van der Waals surface area contributed by atoms with Gasteiger partial charge >= 0.3 is 0 Å². The van der Waals surface area contributed by atoms with Crippen molar-refractivity contribution < 1.29 is 14.3 Å².